The van der Waals surface area contributed by atoms with Crippen molar-refractivity contribution in [3.8, 4) is 0 Å². The molecule has 0 radical (unpaired) electrons. The molecule has 0 rings (SSSR count). The summed E-state index contributed by atoms with van der Waals surface area (Å²) < 4.78 is 0. The number of hydrogen-bond donors (Lipinski definition) is 0. The maximum atomic E-state index is 5.38. The number of halogens is 2. The quantitative estimate of drug-likeness (QED) is 0.382. The first-order valence-electron chi connectivity index (χ1n) is 4.95. The molecule has 0 aromatic carbocycles. The molecule has 84 valence electrons. The summed E-state index contributed by atoms with van der Waals surface area (Å²) in [7, 11) is 0. The minimum absolute atomic E-state index is 0. The lowest BCUT2D eigenvalue weighted by atomic mass is 10.3. The molecule has 0 heterocycles. The molecule has 0 aromatic rings. The Kier molecular flexibility index (Phi) is 34.3. The van der Waals surface area contributed by atoms with Crippen LogP contribution in [-0.2, 0) is 0 Å². The topological polar surface area (TPSA) is 0 Å². The molecular formula is C10H26Cl2Si. The Balaban J connectivity index is -0.000000143. The van der Waals surface area contributed by atoms with Crippen LogP contribution in [0.3, 0.4) is 0 Å². The fraction of sp³-hybridized carbons (Fsp3) is 1.00. The van der Waals surface area contributed by atoms with Crippen molar-refractivity contribution in [3.05, 3.63) is 0 Å². The first-order chi connectivity index (χ1) is 5.83. The fourth-order valence-electron chi connectivity index (χ4n) is 0.689. The summed E-state index contributed by atoms with van der Waals surface area (Å²) in [5, 5.41) is 0. The van der Waals surface area contributed by atoms with Crippen LogP contribution in [0, 0.1) is 0 Å². The third-order valence-corrected chi connectivity index (χ3v) is 2.01. The zero-order valence-electron chi connectivity index (χ0n) is 8.41. The Hall–Kier alpha value is 0.797. The predicted molar refractivity (Wildman–Crippen MR) is 71.8 cm³/mol. The van der Waals surface area contributed by atoms with Gasteiger partial charge in [0.2, 0.25) is 0 Å². The monoisotopic (exact) mass is 244 g/mol. The van der Waals surface area contributed by atoms with Gasteiger partial charge in [-0.25, -0.2) is 0 Å². The van der Waals surface area contributed by atoms with Crippen molar-refractivity contribution < 1.29 is 0 Å². The van der Waals surface area contributed by atoms with Gasteiger partial charge in [-0.1, -0.05) is 39.5 Å². The van der Waals surface area contributed by atoms with Crippen LogP contribution >= 0.6 is 23.2 Å². The molecule has 0 unspecified atom stereocenters. The fourth-order valence-corrected chi connectivity index (χ4v) is 1.07. The highest BCUT2D eigenvalue weighted by atomic mass is 35.5. The van der Waals surface area contributed by atoms with Crippen molar-refractivity contribution in [1.29, 1.82) is 0 Å². The van der Waals surface area contributed by atoms with Gasteiger partial charge in [0.25, 0.3) is 0 Å². The van der Waals surface area contributed by atoms with E-state index >= 15 is 0 Å². The second kappa shape index (κ2) is 23.0. The molecule has 0 aliphatic rings. The highest BCUT2D eigenvalue weighted by Gasteiger charge is 1.77. The van der Waals surface area contributed by atoms with Crippen molar-refractivity contribution in [1.82, 2.24) is 0 Å². The third-order valence-electron chi connectivity index (χ3n) is 1.47. The maximum absolute atomic E-state index is 5.38. The second-order valence-corrected chi connectivity index (χ2v) is 3.55. The zero-order valence-corrected chi connectivity index (χ0v) is 9.92. The van der Waals surface area contributed by atoms with Gasteiger partial charge in [0.05, 0.1) is 0 Å². The Morgan fingerprint density at radius 2 is 1.00 bits per heavy atom. The maximum Gasteiger partial charge on any atom is 0.0223 e. The Bertz CT molecular complexity index is 44.9. The highest BCUT2D eigenvalue weighted by Crippen LogP contribution is 1.94. The van der Waals surface area contributed by atoms with E-state index in [1.165, 1.54) is 38.5 Å². The Morgan fingerprint density at radius 1 is 0.692 bits per heavy atom. The summed E-state index contributed by atoms with van der Waals surface area (Å²) in [5.41, 5.74) is 0. The average molecular weight is 245 g/mol. The molecule has 0 fully saturated rings. The smallest absolute Gasteiger partial charge is 0.0223 e. The van der Waals surface area contributed by atoms with Crippen molar-refractivity contribution in [2.24, 2.45) is 0 Å². The Labute approximate surface area is 98.4 Å². The van der Waals surface area contributed by atoms with Crippen LogP contribution in [0.5, 0.6) is 0 Å². The molecule has 0 nitrogen and oxygen atoms in total. The summed E-state index contributed by atoms with van der Waals surface area (Å²) in [6.07, 6.45) is 7.46. The van der Waals surface area contributed by atoms with Crippen LogP contribution in [0.15, 0.2) is 0 Å². The molecule has 0 amide bonds. The van der Waals surface area contributed by atoms with Crippen molar-refractivity contribution in [3.63, 3.8) is 0 Å². The lowest BCUT2D eigenvalue weighted by Crippen LogP contribution is -1.70. The van der Waals surface area contributed by atoms with E-state index in [1.54, 1.807) is 0 Å². The predicted octanol–water partition coefficient (Wildman–Crippen LogP) is 3.38. The minimum atomic E-state index is 0. The Morgan fingerprint density at radius 3 is 1.08 bits per heavy atom. The first-order valence-corrected chi connectivity index (χ1v) is 6.02. The molecule has 3 heteroatoms. The van der Waals surface area contributed by atoms with Crippen molar-refractivity contribution >= 4 is 34.2 Å². The normalized spacial score (nSPS) is 8.31. The standard InChI is InChI=1S/2C5H11Cl.H4Si/c2*1-2-3-4-5-6;/h2*2-5H2,1H3;1H4. The van der Waals surface area contributed by atoms with Gasteiger partial charge in [0.1, 0.15) is 0 Å². The van der Waals surface area contributed by atoms with E-state index in [0.29, 0.717) is 0 Å². The van der Waals surface area contributed by atoms with Gasteiger partial charge < -0.3 is 0 Å². The van der Waals surface area contributed by atoms with Gasteiger partial charge in [-0.2, -0.15) is 0 Å². The summed E-state index contributed by atoms with van der Waals surface area (Å²) >= 11 is 10.8. The molecule has 0 bridgehead atoms. The van der Waals surface area contributed by atoms with Gasteiger partial charge in [0, 0.05) is 11.8 Å². The summed E-state index contributed by atoms with van der Waals surface area (Å²) in [4.78, 5) is 0. The van der Waals surface area contributed by atoms with Gasteiger partial charge >= 0.3 is 0 Å². The minimum Gasteiger partial charge on any atom is -0.127 e. The van der Waals surface area contributed by atoms with E-state index in [2.05, 4.69) is 13.8 Å². The van der Waals surface area contributed by atoms with Crippen LogP contribution in [0.2, 0.25) is 0 Å². The van der Waals surface area contributed by atoms with Crippen LogP contribution in [-0.4, -0.2) is 22.7 Å². The van der Waals surface area contributed by atoms with E-state index in [4.69, 9.17) is 23.2 Å². The zero-order chi connectivity index (χ0) is 9.66. The van der Waals surface area contributed by atoms with Crippen molar-refractivity contribution in [2.45, 2.75) is 52.4 Å². The molecule has 0 aromatic heterocycles. The molecule has 0 aliphatic carbocycles. The van der Waals surface area contributed by atoms with Gasteiger partial charge in [-0.15, -0.1) is 23.2 Å². The lowest BCUT2D eigenvalue weighted by Gasteiger charge is -1.84. The molecule has 0 saturated heterocycles. The molecular weight excluding hydrogens is 219 g/mol. The number of hydrogen-bond acceptors (Lipinski definition) is 0. The van der Waals surface area contributed by atoms with E-state index < -0.39 is 0 Å². The van der Waals surface area contributed by atoms with E-state index in [9.17, 15) is 0 Å². The number of unbranched alkanes of at least 4 members (excludes halogenated alkanes) is 4. The van der Waals surface area contributed by atoms with Crippen LogP contribution in [0.1, 0.15) is 52.4 Å². The average Bonchev–Trinajstić information content (AvgIpc) is 2.12. The highest BCUT2D eigenvalue weighted by molar-refractivity contribution is 6.18. The van der Waals surface area contributed by atoms with Crippen LogP contribution < -0.4 is 0 Å². The molecule has 0 saturated carbocycles. The first kappa shape index (κ1) is 19.4. The molecule has 0 N–H and O–H groups in total. The largest absolute Gasteiger partial charge is 0.127 e. The van der Waals surface area contributed by atoms with Gasteiger partial charge in [0.15, 0.2) is 0 Å². The van der Waals surface area contributed by atoms with E-state index in [0.717, 1.165) is 11.8 Å². The van der Waals surface area contributed by atoms with Crippen molar-refractivity contribution in [2.75, 3.05) is 11.8 Å². The summed E-state index contributed by atoms with van der Waals surface area (Å²) in [5.74, 6) is 1.65. The molecule has 0 atom stereocenters. The lowest BCUT2D eigenvalue weighted by molar-refractivity contribution is 0.776. The van der Waals surface area contributed by atoms with Gasteiger partial charge in [-0.3, -0.25) is 0 Å². The molecule has 13 heavy (non-hydrogen) atoms. The second-order valence-electron chi connectivity index (χ2n) is 2.79. The van der Waals surface area contributed by atoms with Crippen LogP contribution in [0.25, 0.3) is 0 Å². The number of rotatable bonds is 6. The molecule has 0 aliphatic heterocycles. The summed E-state index contributed by atoms with van der Waals surface area (Å²) in [6.45, 7) is 4.35. The van der Waals surface area contributed by atoms with Crippen LogP contribution in [0.4, 0.5) is 0 Å². The summed E-state index contributed by atoms with van der Waals surface area (Å²) in [6, 6.07) is 0. The number of alkyl halides is 2. The van der Waals surface area contributed by atoms with E-state index in [1.807, 2.05) is 0 Å². The third kappa shape index (κ3) is 32.3. The van der Waals surface area contributed by atoms with E-state index in [-0.39, 0.29) is 11.0 Å². The SMILES string of the molecule is CCCCCCl.CCCCCCl.[SiH4]. The molecule has 0 spiro atoms. The van der Waals surface area contributed by atoms with Gasteiger partial charge in [-0.05, 0) is 23.8 Å².